The van der Waals surface area contributed by atoms with Crippen LogP contribution in [-0.4, -0.2) is 45.9 Å². The molecule has 1 saturated heterocycles. The third kappa shape index (κ3) is 3.45. The van der Waals surface area contributed by atoms with Crippen molar-refractivity contribution in [1.82, 2.24) is 4.90 Å². The van der Waals surface area contributed by atoms with Gasteiger partial charge in [0.2, 0.25) is 0 Å². The molecule has 1 amide bonds. The number of hydrogen-bond donors (Lipinski definition) is 2. The molecule has 1 aliphatic heterocycles. The highest BCUT2D eigenvalue weighted by Gasteiger charge is 2.39. The fourth-order valence-corrected chi connectivity index (χ4v) is 3.91. The minimum atomic E-state index is -0.364. The van der Waals surface area contributed by atoms with E-state index in [2.05, 4.69) is 27.7 Å². The van der Waals surface area contributed by atoms with E-state index >= 15 is 0 Å². The Morgan fingerprint density at radius 1 is 1.48 bits per heavy atom. The number of amides is 1. The highest BCUT2D eigenvalue weighted by molar-refractivity contribution is 14.1. The van der Waals surface area contributed by atoms with E-state index in [-0.39, 0.29) is 16.5 Å². The summed E-state index contributed by atoms with van der Waals surface area (Å²) in [5.41, 5.74) is 6.53. The number of nitrogens with zero attached hydrogens (tertiary/aromatic N) is 2. The molecule has 114 valence electrons. The number of oxime groups is 1. The van der Waals surface area contributed by atoms with Gasteiger partial charge >= 0.3 is 0 Å². The number of likely N-dealkylation sites (tertiary alicyclic amines) is 1. The van der Waals surface area contributed by atoms with Crippen LogP contribution in [0.15, 0.2) is 29.4 Å². The number of benzene rings is 1. The number of piperidine rings is 1. The number of carbonyl (C=O) groups is 1. The molecule has 1 aliphatic rings. The molecule has 1 fully saturated rings. The number of amidine groups is 1. The number of hydrogen-bond acceptors (Lipinski definition) is 4. The Bertz CT molecular complexity index is 557. The molecule has 0 saturated carbocycles. The lowest BCUT2D eigenvalue weighted by Gasteiger charge is -2.39. The first-order chi connectivity index (χ1) is 10.0. The maximum atomic E-state index is 12.5. The van der Waals surface area contributed by atoms with Crippen LogP contribution in [-0.2, 0) is 0 Å². The van der Waals surface area contributed by atoms with Crippen LogP contribution in [0.1, 0.15) is 23.2 Å². The first-order valence-corrected chi connectivity index (χ1v) is 8.91. The van der Waals surface area contributed by atoms with Crippen molar-refractivity contribution in [3.05, 3.63) is 33.4 Å². The molecule has 0 spiro atoms. The number of carbonyl (C=O) groups excluding carboxylic acids is 1. The minimum Gasteiger partial charge on any atom is -0.409 e. The second kappa shape index (κ2) is 6.87. The standard InChI is InChI=1S/C14H18IN3O2S/c1-21-14(13(16)17-20)5-7-18(8-6-14)12(19)10-3-2-4-11(15)9-10/h2-4,9,20H,5-8H2,1H3,(H2,16,17). The largest absolute Gasteiger partial charge is 0.409 e. The quantitative estimate of drug-likeness (QED) is 0.259. The molecule has 3 N–H and O–H groups in total. The maximum Gasteiger partial charge on any atom is 0.253 e. The van der Waals surface area contributed by atoms with Crippen molar-refractivity contribution in [3.63, 3.8) is 0 Å². The fraction of sp³-hybridized carbons (Fsp3) is 0.429. The molecule has 1 aromatic rings. The smallest absolute Gasteiger partial charge is 0.253 e. The average molecular weight is 419 g/mol. The lowest BCUT2D eigenvalue weighted by molar-refractivity contribution is 0.0718. The molecular weight excluding hydrogens is 401 g/mol. The van der Waals surface area contributed by atoms with Crippen molar-refractivity contribution in [2.75, 3.05) is 19.3 Å². The van der Waals surface area contributed by atoms with Crippen LogP contribution in [0.5, 0.6) is 0 Å². The van der Waals surface area contributed by atoms with E-state index < -0.39 is 0 Å². The van der Waals surface area contributed by atoms with E-state index in [1.807, 2.05) is 35.4 Å². The molecule has 0 aromatic heterocycles. The number of halogens is 1. The minimum absolute atomic E-state index is 0.0442. The SMILES string of the molecule is CSC1(C(N)=NO)CCN(C(=O)c2cccc(I)c2)CC1. The third-order valence-corrected chi connectivity index (χ3v) is 5.97. The van der Waals surface area contributed by atoms with Crippen molar-refractivity contribution in [3.8, 4) is 0 Å². The zero-order valence-corrected chi connectivity index (χ0v) is 14.7. The molecule has 1 aromatic carbocycles. The molecule has 0 aliphatic carbocycles. The summed E-state index contributed by atoms with van der Waals surface area (Å²) in [6.45, 7) is 1.22. The van der Waals surface area contributed by atoms with E-state index in [4.69, 9.17) is 10.9 Å². The summed E-state index contributed by atoms with van der Waals surface area (Å²) in [4.78, 5) is 14.3. The Hall–Kier alpha value is -0.960. The van der Waals surface area contributed by atoms with Gasteiger partial charge < -0.3 is 15.8 Å². The highest BCUT2D eigenvalue weighted by Crippen LogP contribution is 2.35. The summed E-state index contributed by atoms with van der Waals surface area (Å²) in [6, 6.07) is 7.58. The van der Waals surface area contributed by atoms with E-state index in [1.165, 1.54) is 0 Å². The Balaban J connectivity index is 2.09. The molecular formula is C14H18IN3O2S. The Kier molecular flexibility index (Phi) is 5.37. The van der Waals surface area contributed by atoms with Crippen LogP contribution < -0.4 is 5.73 Å². The molecule has 0 unspecified atom stereocenters. The lowest BCUT2D eigenvalue weighted by atomic mass is 9.94. The van der Waals surface area contributed by atoms with Crippen molar-refractivity contribution in [2.24, 2.45) is 10.9 Å². The number of rotatable bonds is 3. The zero-order chi connectivity index (χ0) is 15.5. The van der Waals surface area contributed by atoms with Gasteiger partial charge in [-0.2, -0.15) is 11.8 Å². The summed E-state index contributed by atoms with van der Waals surface area (Å²) in [5.74, 6) is 0.291. The van der Waals surface area contributed by atoms with Crippen molar-refractivity contribution in [2.45, 2.75) is 17.6 Å². The summed E-state index contributed by atoms with van der Waals surface area (Å²) >= 11 is 3.78. The highest BCUT2D eigenvalue weighted by atomic mass is 127. The van der Waals surface area contributed by atoms with Crippen LogP contribution >= 0.6 is 34.4 Å². The molecule has 2 rings (SSSR count). The zero-order valence-electron chi connectivity index (χ0n) is 11.8. The first kappa shape index (κ1) is 16.4. The monoisotopic (exact) mass is 419 g/mol. The van der Waals surface area contributed by atoms with Crippen LogP contribution in [0, 0.1) is 3.57 Å². The fourth-order valence-electron chi connectivity index (χ4n) is 2.53. The van der Waals surface area contributed by atoms with Gasteiger partial charge in [0.05, 0.1) is 4.75 Å². The topological polar surface area (TPSA) is 78.9 Å². The second-order valence-corrected chi connectivity index (χ2v) is 7.42. The second-order valence-electron chi connectivity index (χ2n) is 4.99. The van der Waals surface area contributed by atoms with Crippen LogP contribution in [0.4, 0.5) is 0 Å². The summed E-state index contributed by atoms with van der Waals surface area (Å²) in [6.07, 6.45) is 3.34. The van der Waals surface area contributed by atoms with Gasteiger partial charge in [0.1, 0.15) is 0 Å². The van der Waals surface area contributed by atoms with E-state index in [1.54, 1.807) is 11.8 Å². The van der Waals surface area contributed by atoms with Gasteiger partial charge in [-0.25, -0.2) is 0 Å². The molecule has 0 atom stereocenters. The molecule has 0 bridgehead atoms. The van der Waals surface area contributed by atoms with Crippen LogP contribution in [0.2, 0.25) is 0 Å². The molecule has 5 nitrogen and oxygen atoms in total. The number of nitrogens with two attached hydrogens (primary N) is 1. The van der Waals surface area contributed by atoms with Gasteiger partial charge in [0.25, 0.3) is 5.91 Å². The van der Waals surface area contributed by atoms with Gasteiger partial charge in [-0.1, -0.05) is 11.2 Å². The third-order valence-electron chi connectivity index (χ3n) is 3.90. The van der Waals surface area contributed by atoms with Gasteiger partial charge in [-0.05, 0) is 59.9 Å². The summed E-state index contributed by atoms with van der Waals surface area (Å²) in [5, 5.41) is 12.1. The normalized spacial score (nSPS) is 18.6. The van der Waals surface area contributed by atoms with Crippen LogP contribution in [0.25, 0.3) is 0 Å². The van der Waals surface area contributed by atoms with Crippen LogP contribution in [0.3, 0.4) is 0 Å². The number of thioether (sulfide) groups is 1. The van der Waals surface area contributed by atoms with Gasteiger partial charge in [0.15, 0.2) is 5.84 Å². The van der Waals surface area contributed by atoms with E-state index in [0.29, 0.717) is 31.5 Å². The predicted molar refractivity (Wildman–Crippen MR) is 94.0 cm³/mol. The van der Waals surface area contributed by atoms with Gasteiger partial charge in [0, 0.05) is 22.2 Å². The Morgan fingerprint density at radius 3 is 2.67 bits per heavy atom. The van der Waals surface area contributed by atoms with E-state index in [9.17, 15) is 4.79 Å². The van der Waals surface area contributed by atoms with Crippen molar-refractivity contribution >= 4 is 46.1 Å². The predicted octanol–water partition coefficient (Wildman–Crippen LogP) is 2.38. The average Bonchev–Trinajstić information content (AvgIpc) is 2.53. The summed E-state index contributed by atoms with van der Waals surface area (Å²) in [7, 11) is 0. The molecule has 0 radical (unpaired) electrons. The first-order valence-electron chi connectivity index (χ1n) is 6.60. The lowest BCUT2D eigenvalue weighted by Crippen LogP contribution is -2.51. The van der Waals surface area contributed by atoms with Crippen molar-refractivity contribution < 1.29 is 10.0 Å². The Morgan fingerprint density at radius 2 is 2.14 bits per heavy atom. The summed E-state index contributed by atoms with van der Waals surface area (Å²) < 4.78 is 0.682. The molecule has 1 heterocycles. The molecule has 21 heavy (non-hydrogen) atoms. The van der Waals surface area contributed by atoms with Gasteiger partial charge in [-0.15, -0.1) is 0 Å². The maximum absolute atomic E-state index is 12.5. The molecule has 7 heteroatoms. The Labute approximate surface area is 142 Å². The van der Waals surface area contributed by atoms with E-state index in [0.717, 1.165) is 3.57 Å². The van der Waals surface area contributed by atoms with Crippen molar-refractivity contribution in [1.29, 1.82) is 0 Å². The van der Waals surface area contributed by atoms with Gasteiger partial charge in [-0.3, -0.25) is 4.79 Å².